The van der Waals surface area contributed by atoms with Crippen LogP contribution in [0.15, 0.2) is 42.5 Å². The summed E-state index contributed by atoms with van der Waals surface area (Å²) >= 11 is 6.21. The molecule has 5 heteroatoms. The average molecular weight is 351 g/mol. The molecule has 2 aromatic carbocycles. The molecule has 0 heterocycles. The van der Waals surface area contributed by atoms with E-state index in [9.17, 15) is 4.79 Å². The third kappa shape index (κ3) is 3.69. The molecule has 3 rings (SSSR count). The minimum atomic E-state index is -0.649. The van der Waals surface area contributed by atoms with E-state index in [2.05, 4.69) is 5.32 Å². The molecule has 0 saturated carbocycles. The molecule has 2 unspecified atom stereocenters. The number of fused-ring (bicyclic) bond motifs is 1. The van der Waals surface area contributed by atoms with Crippen LogP contribution in [-0.4, -0.2) is 5.91 Å². The van der Waals surface area contributed by atoms with Gasteiger partial charge in [0.15, 0.2) is 0 Å². The molecule has 0 fully saturated rings. The first-order valence-electron chi connectivity index (χ1n) is 7.46. The Balaban J connectivity index is 0.00000192. The maximum absolute atomic E-state index is 12.4. The summed E-state index contributed by atoms with van der Waals surface area (Å²) in [7, 11) is 0. The molecular weight excluding hydrogens is 331 g/mol. The van der Waals surface area contributed by atoms with Crippen molar-refractivity contribution >= 4 is 29.9 Å². The number of nitrogens with two attached hydrogens (primary N) is 1. The largest absolute Gasteiger partial charge is 0.348 e. The van der Waals surface area contributed by atoms with E-state index in [0.717, 1.165) is 40.1 Å². The SMILES string of the molecule is Cc1ccc(C(N)C(=O)NC2CCc3c(Cl)cccc32)cc1.Cl. The number of rotatable bonds is 3. The topological polar surface area (TPSA) is 55.1 Å². The number of halogens is 2. The first-order valence-corrected chi connectivity index (χ1v) is 7.84. The van der Waals surface area contributed by atoms with E-state index in [4.69, 9.17) is 17.3 Å². The van der Waals surface area contributed by atoms with Crippen molar-refractivity contribution in [2.45, 2.75) is 31.8 Å². The highest BCUT2D eigenvalue weighted by Gasteiger charge is 2.27. The smallest absolute Gasteiger partial charge is 0.241 e. The summed E-state index contributed by atoms with van der Waals surface area (Å²) in [6.07, 6.45) is 1.76. The number of benzene rings is 2. The van der Waals surface area contributed by atoms with Crippen LogP contribution in [0.2, 0.25) is 5.02 Å². The van der Waals surface area contributed by atoms with Gasteiger partial charge in [0.2, 0.25) is 5.91 Å². The number of amides is 1. The highest BCUT2D eigenvalue weighted by atomic mass is 35.5. The molecule has 2 atom stereocenters. The Morgan fingerprint density at radius 1 is 1.26 bits per heavy atom. The van der Waals surface area contributed by atoms with Gasteiger partial charge in [0.1, 0.15) is 6.04 Å². The quantitative estimate of drug-likeness (QED) is 0.882. The zero-order chi connectivity index (χ0) is 15.7. The van der Waals surface area contributed by atoms with Gasteiger partial charge < -0.3 is 11.1 Å². The van der Waals surface area contributed by atoms with Gasteiger partial charge in [-0.3, -0.25) is 4.79 Å². The molecule has 23 heavy (non-hydrogen) atoms. The van der Waals surface area contributed by atoms with Crippen LogP contribution in [0.1, 0.15) is 40.8 Å². The van der Waals surface area contributed by atoms with Crippen molar-refractivity contribution in [2.24, 2.45) is 5.73 Å². The molecule has 1 aliphatic carbocycles. The van der Waals surface area contributed by atoms with Crippen molar-refractivity contribution in [3.8, 4) is 0 Å². The summed E-state index contributed by atoms with van der Waals surface area (Å²) < 4.78 is 0. The normalized spacial score (nSPS) is 17.1. The Bertz CT molecular complexity index is 701. The number of carbonyl (C=O) groups is 1. The predicted octanol–water partition coefficient (Wildman–Crippen LogP) is 3.87. The summed E-state index contributed by atoms with van der Waals surface area (Å²) in [6.45, 7) is 2.01. The van der Waals surface area contributed by atoms with Crippen LogP contribution in [-0.2, 0) is 11.2 Å². The van der Waals surface area contributed by atoms with Crippen LogP contribution in [0.5, 0.6) is 0 Å². The maximum Gasteiger partial charge on any atom is 0.241 e. The van der Waals surface area contributed by atoms with Crippen molar-refractivity contribution < 1.29 is 4.79 Å². The molecule has 0 aromatic heterocycles. The minimum absolute atomic E-state index is 0. The van der Waals surface area contributed by atoms with Gasteiger partial charge in [-0.05, 0) is 42.5 Å². The van der Waals surface area contributed by atoms with E-state index in [1.807, 2.05) is 49.4 Å². The molecule has 0 aliphatic heterocycles. The molecular formula is C18H20Cl2N2O. The Kier molecular flexibility index (Phi) is 5.69. The zero-order valence-corrected chi connectivity index (χ0v) is 14.5. The first-order chi connectivity index (χ1) is 10.6. The molecule has 0 spiro atoms. The Labute approximate surface area is 147 Å². The Hall–Kier alpha value is -1.55. The molecule has 3 nitrogen and oxygen atoms in total. The van der Waals surface area contributed by atoms with Crippen LogP contribution in [0.3, 0.4) is 0 Å². The van der Waals surface area contributed by atoms with Crippen LogP contribution in [0, 0.1) is 6.92 Å². The summed E-state index contributed by atoms with van der Waals surface area (Å²) in [5.74, 6) is -0.151. The zero-order valence-electron chi connectivity index (χ0n) is 12.9. The van der Waals surface area contributed by atoms with E-state index in [1.165, 1.54) is 0 Å². The Morgan fingerprint density at radius 3 is 2.65 bits per heavy atom. The van der Waals surface area contributed by atoms with Gasteiger partial charge in [-0.1, -0.05) is 53.6 Å². The number of aryl methyl sites for hydroxylation is 1. The van der Waals surface area contributed by atoms with E-state index in [1.54, 1.807) is 0 Å². The summed E-state index contributed by atoms with van der Waals surface area (Å²) in [4.78, 5) is 12.4. The van der Waals surface area contributed by atoms with Crippen LogP contribution < -0.4 is 11.1 Å². The number of hydrogen-bond donors (Lipinski definition) is 2. The molecule has 2 aromatic rings. The number of hydrogen-bond acceptors (Lipinski definition) is 2. The van der Waals surface area contributed by atoms with Gasteiger partial charge in [-0.25, -0.2) is 0 Å². The van der Waals surface area contributed by atoms with Crippen molar-refractivity contribution in [1.82, 2.24) is 5.32 Å². The van der Waals surface area contributed by atoms with Gasteiger partial charge in [0.05, 0.1) is 6.04 Å². The number of nitrogens with one attached hydrogen (secondary N) is 1. The number of carbonyl (C=O) groups excluding carboxylic acids is 1. The second-order valence-electron chi connectivity index (χ2n) is 5.80. The highest BCUT2D eigenvalue weighted by Crippen LogP contribution is 2.35. The fourth-order valence-electron chi connectivity index (χ4n) is 2.95. The third-order valence-electron chi connectivity index (χ3n) is 4.25. The third-order valence-corrected chi connectivity index (χ3v) is 4.60. The van der Waals surface area contributed by atoms with Crippen LogP contribution in [0.4, 0.5) is 0 Å². The average Bonchev–Trinajstić information content (AvgIpc) is 2.92. The monoisotopic (exact) mass is 350 g/mol. The van der Waals surface area contributed by atoms with Gasteiger partial charge >= 0.3 is 0 Å². The minimum Gasteiger partial charge on any atom is -0.348 e. The maximum atomic E-state index is 12.4. The van der Waals surface area contributed by atoms with E-state index < -0.39 is 6.04 Å². The highest BCUT2D eigenvalue weighted by molar-refractivity contribution is 6.31. The lowest BCUT2D eigenvalue weighted by Crippen LogP contribution is -2.36. The molecule has 1 amide bonds. The molecule has 3 N–H and O–H groups in total. The summed E-state index contributed by atoms with van der Waals surface area (Å²) in [6, 6.07) is 12.9. The molecule has 122 valence electrons. The molecule has 0 bridgehead atoms. The van der Waals surface area contributed by atoms with Gasteiger partial charge in [-0.15, -0.1) is 12.4 Å². The van der Waals surface area contributed by atoms with Crippen molar-refractivity contribution in [3.05, 3.63) is 69.7 Å². The van der Waals surface area contributed by atoms with Crippen LogP contribution in [0.25, 0.3) is 0 Å². The fraction of sp³-hybridized carbons (Fsp3) is 0.278. The lowest BCUT2D eigenvalue weighted by Gasteiger charge is -2.18. The lowest BCUT2D eigenvalue weighted by molar-refractivity contribution is -0.123. The molecule has 0 saturated heterocycles. The standard InChI is InChI=1S/C18H19ClN2O.ClH/c1-11-5-7-12(8-6-11)17(20)18(22)21-16-10-9-13-14(16)3-2-4-15(13)19;/h2-8,16-17H,9-10,20H2,1H3,(H,21,22);1H. The predicted molar refractivity (Wildman–Crippen MR) is 96.0 cm³/mol. The van der Waals surface area contributed by atoms with Crippen molar-refractivity contribution in [1.29, 1.82) is 0 Å². The van der Waals surface area contributed by atoms with E-state index >= 15 is 0 Å². The second kappa shape index (κ2) is 7.35. The van der Waals surface area contributed by atoms with E-state index in [-0.39, 0.29) is 24.4 Å². The first kappa shape index (κ1) is 17.8. The van der Waals surface area contributed by atoms with E-state index in [0.29, 0.717) is 0 Å². The summed E-state index contributed by atoms with van der Waals surface area (Å²) in [5, 5.41) is 3.83. The lowest BCUT2D eigenvalue weighted by atomic mass is 10.0. The Morgan fingerprint density at radius 2 is 1.96 bits per heavy atom. The fourth-order valence-corrected chi connectivity index (χ4v) is 3.22. The second-order valence-corrected chi connectivity index (χ2v) is 6.20. The molecule has 1 aliphatic rings. The van der Waals surface area contributed by atoms with Crippen molar-refractivity contribution in [2.75, 3.05) is 0 Å². The van der Waals surface area contributed by atoms with Gasteiger partial charge in [0.25, 0.3) is 0 Å². The van der Waals surface area contributed by atoms with Crippen molar-refractivity contribution in [3.63, 3.8) is 0 Å². The van der Waals surface area contributed by atoms with Gasteiger partial charge in [-0.2, -0.15) is 0 Å². The molecule has 0 radical (unpaired) electrons. The summed E-state index contributed by atoms with van der Waals surface area (Å²) in [5.41, 5.74) is 10.3. The van der Waals surface area contributed by atoms with Gasteiger partial charge in [0, 0.05) is 5.02 Å². The van der Waals surface area contributed by atoms with Crippen LogP contribution >= 0.6 is 24.0 Å².